The summed E-state index contributed by atoms with van der Waals surface area (Å²) < 4.78 is 0.904. The SMILES string of the molecule is NCCc1cc2ccccc2nc1Sc1nncs1. The number of pyridine rings is 1. The fraction of sp³-hybridized carbons (Fsp3) is 0.154. The average Bonchev–Trinajstić information content (AvgIpc) is 2.93. The van der Waals surface area contributed by atoms with Crippen molar-refractivity contribution >= 4 is 34.0 Å². The number of nitrogens with two attached hydrogens (primary N) is 1. The van der Waals surface area contributed by atoms with Crippen molar-refractivity contribution in [3.8, 4) is 0 Å². The van der Waals surface area contributed by atoms with E-state index in [9.17, 15) is 0 Å². The van der Waals surface area contributed by atoms with Gasteiger partial charge in [-0.15, -0.1) is 10.2 Å². The molecular weight excluding hydrogens is 276 g/mol. The Balaban J connectivity index is 2.06. The van der Waals surface area contributed by atoms with Crippen LogP contribution in [0.2, 0.25) is 0 Å². The summed E-state index contributed by atoms with van der Waals surface area (Å²) in [5, 5.41) is 10.0. The minimum absolute atomic E-state index is 0.615. The zero-order chi connectivity index (χ0) is 13.1. The second kappa shape index (κ2) is 5.64. The van der Waals surface area contributed by atoms with Crippen LogP contribution < -0.4 is 5.73 Å². The molecule has 0 atom stereocenters. The Morgan fingerprint density at radius 1 is 1.26 bits per heavy atom. The van der Waals surface area contributed by atoms with Crippen molar-refractivity contribution in [2.24, 2.45) is 5.73 Å². The molecule has 3 aromatic rings. The summed E-state index contributed by atoms with van der Waals surface area (Å²) >= 11 is 3.07. The first-order valence-electron chi connectivity index (χ1n) is 5.89. The number of hydrogen-bond donors (Lipinski definition) is 1. The largest absolute Gasteiger partial charge is 0.330 e. The van der Waals surface area contributed by atoms with E-state index in [2.05, 4.69) is 22.3 Å². The minimum atomic E-state index is 0.615. The molecule has 0 saturated heterocycles. The van der Waals surface area contributed by atoms with Crippen molar-refractivity contribution in [2.75, 3.05) is 6.54 Å². The van der Waals surface area contributed by atoms with Gasteiger partial charge in [-0.25, -0.2) is 4.98 Å². The molecule has 19 heavy (non-hydrogen) atoms. The van der Waals surface area contributed by atoms with E-state index in [0.717, 1.165) is 26.7 Å². The highest BCUT2D eigenvalue weighted by Gasteiger charge is 2.10. The fourth-order valence-electron chi connectivity index (χ4n) is 1.86. The van der Waals surface area contributed by atoms with Crippen LogP contribution in [-0.2, 0) is 6.42 Å². The summed E-state index contributed by atoms with van der Waals surface area (Å²) in [7, 11) is 0. The van der Waals surface area contributed by atoms with Crippen LogP contribution >= 0.6 is 23.1 Å². The zero-order valence-electron chi connectivity index (χ0n) is 10.1. The third-order valence-corrected chi connectivity index (χ3v) is 4.53. The number of fused-ring (bicyclic) bond motifs is 1. The summed E-state index contributed by atoms with van der Waals surface area (Å²) in [4.78, 5) is 4.71. The first-order valence-corrected chi connectivity index (χ1v) is 7.59. The van der Waals surface area contributed by atoms with E-state index in [0.29, 0.717) is 6.54 Å². The lowest BCUT2D eigenvalue weighted by Crippen LogP contribution is -2.04. The molecule has 0 radical (unpaired) electrons. The Morgan fingerprint density at radius 3 is 2.95 bits per heavy atom. The van der Waals surface area contributed by atoms with Gasteiger partial charge in [0.2, 0.25) is 0 Å². The Bertz CT molecular complexity index is 682. The normalized spacial score (nSPS) is 11.0. The van der Waals surface area contributed by atoms with Crippen molar-refractivity contribution < 1.29 is 0 Å². The van der Waals surface area contributed by atoms with Crippen LogP contribution in [0.1, 0.15) is 5.56 Å². The minimum Gasteiger partial charge on any atom is -0.330 e. The van der Waals surface area contributed by atoms with Gasteiger partial charge in [-0.3, -0.25) is 0 Å². The van der Waals surface area contributed by atoms with Crippen molar-refractivity contribution in [1.29, 1.82) is 0 Å². The van der Waals surface area contributed by atoms with Crippen LogP contribution in [-0.4, -0.2) is 21.7 Å². The van der Waals surface area contributed by atoms with Crippen molar-refractivity contribution in [1.82, 2.24) is 15.2 Å². The molecule has 3 rings (SSSR count). The second-order valence-corrected chi connectivity index (χ2v) is 6.06. The molecule has 0 unspecified atom stereocenters. The molecule has 0 fully saturated rings. The van der Waals surface area contributed by atoms with E-state index in [-0.39, 0.29) is 0 Å². The molecule has 0 aliphatic heterocycles. The summed E-state index contributed by atoms with van der Waals surface area (Å²) in [6, 6.07) is 10.3. The van der Waals surface area contributed by atoms with E-state index < -0.39 is 0 Å². The molecule has 4 nitrogen and oxygen atoms in total. The van der Waals surface area contributed by atoms with Gasteiger partial charge < -0.3 is 5.73 Å². The number of hydrogen-bond acceptors (Lipinski definition) is 6. The van der Waals surface area contributed by atoms with E-state index in [4.69, 9.17) is 10.7 Å². The number of aromatic nitrogens is 3. The van der Waals surface area contributed by atoms with Crippen molar-refractivity contribution in [3.63, 3.8) is 0 Å². The van der Waals surface area contributed by atoms with Crippen LogP contribution in [0.3, 0.4) is 0 Å². The van der Waals surface area contributed by atoms with Gasteiger partial charge in [0.15, 0.2) is 4.34 Å². The monoisotopic (exact) mass is 288 g/mol. The second-order valence-electron chi connectivity index (χ2n) is 3.99. The summed E-state index contributed by atoms with van der Waals surface area (Å²) in [6.45, 7) is 0.615. The highest BCUT2D eigenvalue weighted by Crippen LogP contribution is 2.31. The molecular formula is C13H12N4S2. The van der Waals surface area contributed by atoms with E-state index in [1.54, 1.807) is 17.3 Å². The molecule has 0 saturated carbocycles. The molecule has 96 valence electrons. The van der Waals surface area contributed by atoms with Crippen molar-refractivity contribution in [3.05, 3.63) is 41.4 Å². The third-order valence-electron chi connectivity index (χ3n) is 2.70. The molecule has 1 aromatic carbocycles. The predicted molar refractivity (Wildman–Crippen MR) is 78.5 cm³/mol. The number of nitrogens with zero attached hydrogens (tertiary/aromatic N) is 3. The number of rotatable bonds is 4. The summed E-state index contributed by atoms with van der Waals surface area (Å²) in [5.41, 5.74) is 9.58. The molecule has 2 aromatic heterocycles. The fourth-order valence-corrected chi connectivity index (χ4v) is 3.38. The quantitative estimate of drug-likeness (QED) is 0.799. The Hall–Kier alpha value is -1.50. The molecule has 6 heteroatoms. The van der Waals surface area contributed by atoms with E-state index in [1.165, 1.54) is 16.9 Å². The van der Waals surface area contributed by atoms with Crippen molar-refractivity contribution in [2.45, 2.75) is 15.8 Å². The van der Waals surface area contributed by atoms with Gasteiger partial charge in [0, 0.05) is 5.39 Å². The maximum Gasteiger partial charge on any atom is 0.180 e. The molecule has 2 N–H and O–H groups in total. The lowest BCUT2D eigenvalue weighted by molar-refractivity contribution is 0.920. The highest BCUT2D eigenvalue weighted by atomic mass is 32.2. The van der Waals surface area contributed by atoms with Gasteiger partial charge in [-0.2, -0.15) is 0 Å². The average molecular weight is 288 g/mol. The van der Waals surface area contributed by atoms with E-state index >= 15 is 0 Å². The lowest BCUT2D eigenvalue weighted by atomic mass is 10.1. The molecule has 0 spiro atoms. The standard InChI is InChI=1S/C13H12N4S2/c14-6-5-10-7-9-3-1-2-4-11(9)16-12(10)19-13-17-15-8-18-13/h1-4,7-8H,5-6,14H2. The summed E-state index contributed by atoms with van der Waals surface area (Å²) in [5.74, 6) is 0. The maximum absolute atomic E-state index is 5.68. The number of benzene rings is 1. The predicted octanol–water partition coefficient (Wildman–Crippen LogP) is 2.74. The first kappa shape index (κ1) is 12.5. The van der Waals surface area contributed by atoms with Crippen LogP contribution in [0, 0.1) is 0 Å². The molecule has 0 bridgehead atoms. The molecule has 0 aliphatic rings. The first-order chi connectivity index (χ1) is 9.36. The Kier molecular flexibility index (Phi) is 3.72. The van der Waals surface area contributed by atoms with Crippen LogP contribution in [0.5, 0.6) is 0 Å². The van der Waals surface area contributed by atoms with Gasteiger partial charge in [-0.1, -0.05) is 29.5 Å². The van der Waals surface area contributed by atoms with Gasteiger partial charge in [0.25, 0.3) is 0 Å². The zero-order valence-corrected chi connectivity index (χ0v) is 11.7. The van der Waals surface area contributed by atoms with Gasteiger partial charge in [-0.05, 0) is 42.4 Å². The highest BCUT2D eigenvalue weighted by molar-refractivity contribution is 8.01. The van der Waals surface area contributed by atoms with E-state index in [1.807, 2.05) is 18.2 Å². The third kappa shape index (κ3) is 2.75. The lowest BCUT2D eigenvalue weighted by Gasteiger charge is -2.08. The maximum atomic E-state index is 5.68. The van der Waals surface area contributed by atoms with Gasteiger partial charge in [0.05, 0.1) is 5.52 Å². The smallest absolute Gasteiger partial charge is 0.180 e. The van der Waals surface area contributed by atoms with Gasteiger partial charge >= 0.3 is 0 Å². The van der Waals surface area contributed by atoms with Crippen LogP contribution in [0.4, 0.5) is 0 Å². The van der Waals surface area contributed by atoms with Gasteiger partial charge in [0.1, 0.15) is 10.5 Å². The molecule has 0 amide bonds. The van der Waals surface area contributed by atoms with Crippen LogP contribution in [0.15, 0.2) is 45.2 Å². The Labute approximate surface area is 119 Å². The molecule has 0 aliphatic carbocycles. The summed E-state index contributed by atoms with van der Waals surface area (Å²) in [6.07, 6.45) is 0.818. The topological polar surface area (TPSA) is 64.7 Å². The molecule has 2 heterocycles. The van der Waals surface area contributed by atoms with Crippen LogP contribution in [0.25, 0.3) is 10.9 Å². The number of para-hydroxylation sites is 1. The Morgan fingerprint density at radius 2 is 2.16 bits per heavy atom.